The van der Waals surface area contributed by atoms with Gasteiger partial charge < -0.3 is 0 Å². The van der Waals surface area contributed by atoms with E-state index in [0.717, 1.165) is 18.4 Å². The van der Waals surface area contributed by atoms with Crippen LogP contribution in [0.4, 0.5) is 0 Å². The van der Waals surface area contributed by atoms with Crippen LogP contribution in [0.1, 0.15) is 12.8 Å². The first kappa shape index (κ1) is 10.3. The Balaban J connectivity index is 0.000000132. The van der Waals surface area contributed by atoms with Crippen LogP contribution in [0.25, 0.3) is 0 Å². The number of sulfone groups is 1. The van der Waals surface area contributed by atoms with Crippen molar-refractivity contribution < 1.29 is 8.42 Å². The molecule has 1 aliphatic carbocycles. The molecule has 0 aromatic rings. The summed E-state index contributed by atoms with van der Waals surface area (Å²) in [6.07, 6.45) is 9.65. The summed E-state index contributed by atoms with van der Waals surface area (Å²) >= 11 is 0. The smallest absolute Gasteiger partial charge is 0.150 e. The third-order valence-electron chi connectivity index (χ3n) is 1.89. The van der Waals surface area contributed by atoms with Crippen LogP contribution in [0.3, 0.4) is 0 Å². The summed E-state index contributed by atoms with van der Waals surface area (Å²) in [5, 5.41) is 0. The molecular formula is C10H14O2S. The van der Waals surface area contributed by atoms with Crippen molar-refractivity contribution in [2.75, 3.05) is 11.5 Å². The molecule has 72 valence electrons. The van der Waals surface area contributed by atoms with Crippen LogP contribution >= 0.6 is 0 Å². The highest BCUT2D eigenvalue weighted by Gasteiger charge is 2.16. The SMILES string of the molecule is C=C1C=CC=C1.O=S1(=O)CCCC1. The third kappa shape index (κ3) is 4.08. The predicted octanol–water partition coefficient (Wildman–Crippen LogP) is 1.86. The molecule has 2 rings (SSSR count). The average molecular weight is 198 g/mol. The summed E-state index contributed by atoms with van der Waals surface area (Å²) < 4.78 is 20.9. The minimum atomic E-state index is -2.55. The normalized spacial score (nSPS) is 22.9. The molecule has 0 unspecified atom stereocenters. The maximum atomic E-state index is 10.4. The second-order valence-electron chi connectivity index (χ2n) is 3.15. The molecule has 0 amide bonds. The van der Waals surface area contributed by atoms with Gasteiger partial charge in [-0.05, 0) is 18.4 Å². The van der Waals surface area contributed by atoms with Gasteiger partial charge in [0, 0.05) is 0 Å². The first-order chi connectivity index (χ1) is 6.10. The molecule has 0 radical (unpaired) electrons. The van der Waals surface area contributed by atoms with Gasteiger partial charge in [0.05, 0.1) is 11.5 Å². The molecule has 3 heteroatoms. The molecule has 0 aromatic carbocycles. The Kier molecular flexibility index (Phi) is 3.48. The number of allylic oxidation sites excluding steroid dienone is 5. The molecule has 0 bridgehead atoms. The van der Waals surface area contributed by atoms with Gasteiger partial charge in [0.25, 0.3) is 0 Å². The van der Waals surface area contributed by atoms with Crippen LogP contribution < -0.4 is 0 Å². The van der Waals surface area contributed by atoms with E-state index < -0.39 is 9.84 Å². The lowest BCUT2D eigenvalue weighted by molar-refractivity contribution is 0.602. The molecule has 0 N–H and O–H groups in total. The van der Waals surface area contributed by atoms with Gasteiger partial charge in [-0.1, -0.05) is 30.9 Å². The molecule has 13 heavy (non-hydrogen) atoms. The average Bonchev–Trinajstić information content (AvgIpc) is 2.62. The van der Waals surface area contributed by atoms with Crippen molar-refractivity contribution in [1.82, 2.24) is 0 Å². The van der Waals surface area contributed by atoms with Crippen molar-refractivity contribution in [3.63, 3.8) is 0 Å². The summed E-state index contributed by atoms with van der Waals surface area (Å²) in [4.78, 5) is 0. The quantitative estimate of drug-likeness (QED) is 0.595. The second kappa shape index (κ2) is 4.42. The van der Waals surface area contributed by atoms with E-state index in [0.29, 0.717) is 11.5 Å². The standard InChI is InChI=1S/C6H6.C4H8O2S/c1-6-4-2-3-5-6;5-7(6)3-1-2-4-7/h2-5H,1H2;1-4H2. The molecular weight excluding hydrogens is 184 g/mol. The molecule has 0 saturated carbocycles. The van der Waals surface area contributed by atoms with Gasteiger partial charge in [-0.25, -0.2) is 8.42 Å². The van der Waals surface area contributed by atoms with E-state index in [1.54, 1.807) is 0 Å². The van der Waals surface area contributed by atoms with Crippen LogP contribution in [0.5, 0.6) is 0 Å². The van der Waals surface area contributed by atoms with Crippen molar-refractivity contribution in [2.24, 2.45) is 0 Å². The third-order valence-corrected chi connectivity index (χ3v) is 3.71. The summed E-state index contributed by atoms with van der Waals surface area (Å²) in [5.74, 6) is 0.847. The molecule has 0 aromatic heterocycles. The van der Waals surface area contributed by atoms with Crippen molar-refractivity contribution in [2.45, 2.75) is 12.8 Å². The first-order valence-electron chi connectivity index (χ1n) is 4.34. The van der Waals surface area contributed by atoms with Crippen LogP contribution in [0.15, 0.2) is 36.5 Å². The highest BCUT2D eigenvalue weighted by molar-refractivity contribution is 7.91. The summed E-state index contributed by atoms with van der Waals surface area (Å²) in [5.41, 5.74) is 1.09. The summed E-state index contributed by atoms with van der Waals surface area (Å²) in [6.45, 7) is 3.68. The molecule has 1 saturated heterocycles. The lowest BCUT2D eigenvalue weighted by atomic mass is 10.4. The van der Waals surface area contributed by atoms with Crippen LogP contribution in [-0.2, 0) is 9.84 Å². The largest absolute Gasteiger partial charge is 0.229 e. The van der Waals surface area contributed by atoms with E-state index in [-0.39, 0.29) is 0 Å². The molecule has 2 aliphatic rings. The van der Waals surface area contributed by atoms with Gasteiger partial charge >= 0.3 is 0 Å². The molecule has 1 heterocycles. The van der Waals surface area contributed by atoms with Crippen molar-refractivity contribution in [1.29, 1.82) is 0 Å². The lowest BCUT2D eigenvalue weighted by Crippen LogP contribution is -1.98. The van der Waals surface area contributed by atoms with E-state index in [1.807, 2.05) is 24.3 Å². The van der Waals surface area contributed by atoms with Gasteiger partial charge in [-0.15, -0.1) is 0 Å². The van der Waals surface area contributed by atoms with Crippen LogP contribution in [0, 0.1) is 0 Å². The maximum Gasteiger partial charge on any atom is 0.150 e. The Morgan fingerprint density at radius 3 is 1.69 bits per heavy atom. The topological polar surface area (TPSA) is 34.1 Å². The van der Waals surface area contributed by atoms with Gasteiger partial charge in [0.15, 0.2) is 0 Å². The highest BCUT2D eigenvalue weighted by atomic mass is 32.2. The lowest BCUT2D eigenvalue weighted by Gasteiger charge is -1.81. The minimum absolute atomic E-state index is 0.424. The molecule has 1 aliphatic heterocycles. The number of rotatable bonds is 0. The van der Waals surface area contributed by atoms with E-state index in [2.05, 4.69) is 6.58 Å². The van der Waals surface area contributed by atoms with Crippen LogP contribution in [0.2, 0.25) is 0 Å². The zero-order valence-electron chi connectivity index (χ0n) is 7.57. The van der Waals surface area contributed by atoms with Gasteiger partial charge in [0.1, 0.15) is 9.84 Å². The second-order valence-corrected chi connectivity index (χ2v) is 5.46. The summed E-state index contributed by atoms with van der Waals surface area (Å²) in [7, 11) is -2.55. The Morgan fingerprint density at radius 1 is 1.08 bits per heavy atom. The van der Waals surface area contributed by atoms with E-state index in [1.165, 1.54) is 0 Å². The fourth-order valence-electron chi connectivity index (χ4n) is 1.16. The molecule has 1 fully saturated rings. The van der Waals surface area contributed by atoms with Gasteiger partial charge in [-0.2, -0.15) is 0 Å². The fraction of sp³-hybridized carbons (Fsp3) is 0.400. The van der Waals surface area contributed by atoms with Crippen molar-refractivity contribution >= 4 is 9.84 Å². The summed E-state index contributed by atoms with van der Waals surface area (Å²) in [6, 6.07) is 0. The number of hydrogen-bond donors (Lipinski definition) is 0. The van der Waals surface area contributed by atoms with Gasteiger partial charge in [-0.3, -0.25) is 0 Å². The van der Waals surface area contributed by atoms with Crippen molar-refractivity contribution in [3.05, 3.63) is 36.5 Å². The molecule has 0 atom stereocenters. The Bertz CT molecular complexity index is 308. The maximum absolute atomic E-state index is 10.4. The predicted molar refractivity (Wildman–Crippen MR) is 55.3 cm³/mol. The Morgan fingerprint density at radius 2 is 1.54 bits per heavy atom. The Labute approximate surface area is 79.6 Å². The first-order valence-corrected chi connectivity index (χ1v) is 6.16. The minimum Gasteiger partial charge on any atom is -0.229 e. The van der Waals surface area contributed by atoms with Crippen molar-refractivity contribution in [3.8, 4) is 0 Å². The number of hydrogen-bond acceptors (Lipinski definition) is 2. The van der Waals surface area contributed by atoms with E-state index >= 15 is 0 Å². The van der Waals surface area contributed by atoms with E-state index in [4.69, 9.17) is 0 Å². The molecule has 0 spiro atoms. The zero-order valence-corrected chi connectivity index (χ0v) is 8.39. The molecule has 2 nitrogen and oxygen atoms in total. The zero-order chi connectivity index (χ0) is 9.73. The highest BCUT2D eigenvalue weighted by Crippen LogP contribution is 2.08. The van der Waals surface area contributed by atoms with E-state index in [9.17, 15) is 8.42 Å². The van der Waals surface area contributed by atoms with Gasteiger partial charge in [0.2, 0.25) is 0 Å². The van der Waals surface area contributed by atoms with Crippen LogP contribution in [-0.4, -0.2) is 19.9 Å². The Hall–Kier alpha value is -0.830. The fourth-order valence-corrected chi connectivity index (χ4v) is 2.65. The monoisotopic (exact) mass is 198 g/mol.